The monoisotopic (exact) mass is 485 g/mol. The highest BCUT2D eigenvalue weighted by atomic mass is 19.4. The van der Waals surface area contributed by atoms with Gasteiger partial charge in [0.05, 0.1) is 41.4 Å². The number of phenolic OH excluding ortho intramolecular Hbond substituents is 2. The largest absolute Gasteiger partial charge is 0.508 e. The fourth-order valence-corrected chi connectivity index (χ4v) is 2.29. The van der Waals surface area contributed by atoms with Gasteiger partial charge in [-0.15, -0.1) is 0 Å². The van der Waals surface area contributed by atoms with Crippen molar-refractivity contribution in [2.24, 2.45) is 0 Å². The first-order valence-corrected chi connectivity index (χ1v) is 8.20. The molecule has 2 N–H and O–H groups in total. The quantitative estimate of drug-likeness (QED) is 0.284. The fourth-order valence-electron chi connectivity index (χ4n) is 2.29. The number of nitrogens with zero attached hydrogens (tertiary/aromatic N) is 1. The van der Waals surface area contributed by atoms with E-state index in [-0.39, 0.29) is 6.07 Å². The van der Waals surface area contributed by atoms with E-state index >= 15 is 0 Å². The first kappa shape index (κ1) is 27.0. The molecule has 0 aliphatic rings. The van der Waals surface area contributed by atoms with Gasteiger partial charge in [0.15, 0.2) is 5.75 Å². The van der Waals surface area contributed by atoms with Crippen LogP contribution in [0.5, 0.6) is 11.5 Å². The molecule has 0 amide bonds. The van der Waals surface area contributed by atoms with E-state index in [1.165, 1.54) is 0 Å². The highest BCUT2D eigenvalue weighted by Crippen LogP contribution is 2.38. The molecule has 33 heavy (non-hydrogen) atoms. The molecule has 0 unspecified atom stereocenters. The lowest BCUT2D eigenvalue weighted by Gasteiger charge is -2.11. The number of hydrogen-bond acceptors (Lipinski definition) is 8. The van der Waals surface area contributed by atoms with E-state index in [9.17, 15) is 46.0 Å². The Morgan fingerprint density at radius 1 is 0.848 bits per heavy atom. The average molecular weight is 485 g/mol. The second-order valence-corrected chi connectivity index (χ2v) is 5.85. The van der Waals surface area contributed by atoms with Crippen LogP contribution in [-0.4, -0.2) is 41.3 Å². The van der Waals surface area contributed by atoms with Gasteiger partial charge in [0.1, 0.15) is 5.75 Å². The van der Waals surface area contributed by atoms with Crippen LogP contribution in [0.2, 0.25) is 0 Å². The minimum Gasteiger partial charge on any atom is -0.508 e. The molecule has 0 heterocycles. The Balaban J connectivity index is 0.000000335. The molecule has 2 aromatic carbocycles. The van der Waals surface area contributed by atoms with Crippen LogP contribution in [0.4, 0.5) is 32.0 Å². The Morgan fingerprint density at radius 2 is 1.30 bits per heavy atom. The van der Waals surface area contributed by atoms with Crippen LogP contribution >= 0.6 is 0 Å². The van der Waals surface area contributed by atoms with Gasteiger partial charge in [-0.1, -0.05) is 0 Å². The average Bonchev–Trinajstić information content (AvgIpc) is 2.71. The number of alkyl halides is 6. The molecule has 0 bridgehead atoms. The van der Waals surface area contributed by atoms with E-state index in [0.29, 0.717) is 12.1 Å². The van der Waals surface area contributed by atoms with Crippen LogP contribution < -0.4 is 0 Å². The number of nitro groups is 1. The Labute approximate surface area is 179 Å². The Kier molecular flexibility index (Phi) is 8.22. The first-order valence-electron chi connectivity index (χ1n) is 8.20. The van der Waals surface area contributed by atoms with Crippen molar-refractivity contribution >= 4 is 17.6 Å². The van der Waals surface area contributed by atoms with E-state index < -0.39 is 68.7 Å². The molecule has 0 saturated heterocycles. The van der Waals surface area contributed by atoms with E-state index in [2.05, 4.69) is 9.47 Å². The third kappa shape index (κ3) is 6.72. The molecule has 0 spiro atoms. The zero-order valence-corrected chi connectivity index (χ0v) is 16.4. The third-order valence-corrected chi connectivity index (χ3v) is 3.74. The summed E-state index contributed by atoms with van der Waals surface area (Å²) in [5, 5.41) is 28.5. The van der Waals surface area contributed by atoms with Crippen molar-refractivity contribution in [3.8, 4) is 11.5 Å². The second-order valence-electron chi connectivity index (χ2n) is 5.85. The molecule has 180 valence electrons. The number of carbonyl (C=O) groups is 2. The number of carbonyl (C=O) groups excluding carboxylic acids is 2. The van der Waals surface area contributed by atoms with Crippen molar-refractivity contribution in [1.82, 2.24) is 0 Å². The molecular formula is C18H13F6NO8. The third-order valence-electron chi connectivity index (χ3n) is 3.74. The standard InChI is InChI=1S/C9H6F3NO5.C9H7F3O3/c1-18-8(15)4-2-6(13(16)17)7(14)3-5(4)9(10,11)12;1-15-8(14)6-3-2-5(13)4-7(6)9(10,11)12/h2-3,14H,1H3;2-4,13H,1H3. The lowest BCUT2D eigenvalue weighted by Crippen LogP contribution is -2.14. The van der Waals surface area contributed by atoms with Crippen LogP contribution in [0.1, 0.15) is 31.8 Å². The number of phenols is 2. The predicted octanol–water partition coefficient (Wildman–Crippen LogP) is 4.30. The Morgan fingerprint density at radius 3 is 1.73 bits per heavy atom. The summed E-state index contributed by atoms with van der Waals surface area (Å²) >= 11 is 0. The number of rotatable bonds is 3. The van der Waals surface area contributed by atoms with Gasteiger partial charge in [-0.2, -0.15) is 26.3 Å². The summed E-state index contributed by atoms with van der Waals surface area (Å²) in [4.78, 5) is 31.5. The Bertz CT molecular complexity index is 1070. The topological polar surface area (TPSA) is 136 Å². The lowest BCUT2D eigenvalue weighted by molar-refractivity contribution is -0.385. The van der Waals surface area contributed by atoms with Gasteiger partial charge in [0, 0.05) is 12.1 Å². The molecule has 0 saturated carbocycles. The van der Waals surface area contributed by atoms with Crippen LogP contribution in [0.15, 0.2) is 30.3 Å². The van der Waals surface area contributed by atoms with Crippen molar-refractivity contribution in [1.29, 1.82) is 0 Å². The van der Waals surface area contributed by atoms with Gasteiger partial charge < -0.3 is 19.7 Å². The molecule has 0 aliphatic carbocycles. The number of benzene rings is 2. The van der Waals surface area contributed by atoms with Gasteiger partial charge in [-0.05, 0) is 18.2 Å². The highest BCUT2D eigenvalue weighted by Gasteiger charge is 2.38. The van der Waals surface area contributed by atoms with E-state index in [4.69, 9.17) is 10.2 Å². The molecular weight excluding hydrogens is 472 g/mol. The first-order chi connectivity index (χ1) is 15.0. The molecule has 9 nitrogen and oxygen atoms in total. The number of esters is 2. The predicted molar refractivity (Wildman–Crippen MR) is 95.6 cm³/mol. The number of nitro benzene ring substituents is 1. The zero-order valence-electron chi connectivity index (χ0n) is 16.4. The number of methoxy groups -OCH3 is 2. The number of halogens is 6. The summed E-state index contributed by atoms with van der Waals surface area (Å²) in [6, 6.07) is 2.77. The van der Waals surface area contributed by atoms with Crippen molar-refractivity contribution in [3.05, 3.63) is 62.7 Å². The summed E-state index contributed by atoms with van der Waals surface area (Å²) < 4.78 is 83.2. The van der Waals surface area contributed by atoms with Crippen molar-refractivity contribution in [2.45, 2.75) is 12.4 Å². The summed E-state index contributed by atoms with van der Waals surface area (Å²) in [6.45, 7) is 0. The van der Waals surface area contributed by atoms with E-state index in [1.807, 2.05) is 0 Å². The summed E-state index contributed by atoms with van der Waals surface area (Å²) in [6.07, 6.45) is -9.65. The minimum absolute atomic E-state index is 0.115. The molecule has 0 radical (unpaired) electrons. The SMILES string of the molecule is COC(=O)c1cc([N+](=O)[O-])c(O)cc1C(F)(F)F.COC(=O)c1ccc(O)cc1C(F)(F)F. The van der Waals surface area contributed by atoms with Crippen LogP contribution in [0, 0.1) is 10.1 Å². The summed E-state index contributed by atoms with van der Waals surface area (Å²) in [5.74, 6) is -4.22. The van der Waals surface area contributed by atoms with Crippen LogP contribution in [0.3, 0.4) is 0 Å². The van der Waals surface area contributed by atoms with Gasteiger partial charge in [-0.3, -0.25) is 10.1 Å². The summed E-state index contributed by atoms with van der Waals surface area (Å²) in [7, 11) is 1.82. The smallest absolute Gasteiger partial charge is 0.417 e. The maximum Gasteiger partial charge on any atom is 0.417 e. The van der Waals surface area contributed by atoms with Gasteiger partial charge >= 0.3 is 30.0 Å². The molecule has 2 rings (SSSR count). The summed E-state index contributed by atoms with van der Waals surface area (Å²) in [5.41, 5.74) is -5.38. The maximum absolute atomic E-state index is 12.6. The van der Waals surface area contributed by atoms with Crippen molar-refractivity contribution in [3.63, 3.8) is 0 Å². The maximum atomic E-state index is 12.6. The molecule has 15 heteroatoms. The lowest BCUT2D eigenvalue weighted by atomic mass is 10.1. The van der Waals surface area contributed by atoms with E-state index in [0.717, 1.165) is 26.4 Å². The normalized spacial score (nSPS) is 11.2. The van der Waals surface area contributed by atoms with E-state index in [1.54, 1.807) is 0 Å². The van der Waals surface area contributed by atoms with Crippen molar-refractivity contribution in [2.75, 3.05) is 14.2 Å². The van der Waals surface area contributed by atoms with Crippen LogP contribution in [-0.2, 0) is 21.8 Å². The molecule has 0 aromatic heterocycles. The fraction of sp³-hybridized carbons (Fsp3) is 0.222. The Hall–Kier alpha value is -4.04. The molecule has 0 fully saturated rings. The van der Waals surface area contributed by atoms with Crippen LogP contribution in [0.25, 0.3) is 0 Å². The minimum atomic E-state index is -4.95. The van der Waals surface area contributed by atoms with Gasteiger partial charge in [0.2, 0.25) is 0 Å². The van der Waals surface area contributed by atoms with Gasteiger partial charge in [0.25, 0.3) is 0 Å². The number of ether oxygens (including phenoxy) is 2. The van der Waals surface area contributed by atoms with Gasteiger partial charge in [-0.25, -0.2) is 9.59 Å². The number of aromatic hydroxyl groups is 2. The highest BCUT2D eigenvalue weighted by molar-refractivity contribution is 5.92. The number of hydrogen-bond donors (Lipinski definition) is 2. The second kappa shape index (κ2) is 10.1. The zero-order chi connectivity index (χ0) is 25.7. The molecule has 0 atom stereocenters. The molecule has 2 aromatic rings. The van der Waals surface area contributed by atoms with Crippen molar-refractivity contribution < 1.29 is 60.5 Å². The molecule has 0 aliphatic heterocycles.